The van der Waals surface area contributed by atoms with Gasteiger partial charge in [0.1, 0.15) is 5.75 Å². The zero-order valence-electron chi connectivity index (χ0n) is 8.64. The molecule has 16 heavy (non-hydrogen) atoms. The molecule has 0 radical (unpaired) electrons. The van der Waals surface area contributed by atoms with Gasteiger partial charge in [-0.3, -0.25) is 4.99 Å². The zero-order chi connectivity index (χ0) is 11.8. The summed E-state index contributed by atoms with van der Waals surface area (Å²) < 4.78 is 42.6. The smallest absolute Gasteiger partial charge is 0.416 e. The lowest BCUT2D eigenvalue weighted by atomic mass is 10.0. The summed E-state index contributed by atoms with van der Waals surface area (Å²) in [5.41, 5.74) is 0.750. The van der Waals surface area contributed by atoms with E-state index in [1.165, 1.54) is 6.07 Å². The molecule has 0 bridgehead atoms. The van der Waals surface area contributed by atoms with Gasteiger partial charge in [0.05, 0.1) is 12.2 Å². The van der Waals surface area contributed by atoms with E-state index in [1.54, 1.807) is 7.05 Å². The topological polar surface area (TPSA) is 21.6 Å². The molecule has 5 heteroatoms. The predicted molar refractivity (Wildman–Crippen MR) is 54.0 cm³/mol. The maximum absolute atomic E-state index is 12.5. The molecular weight excluding hydrogens is 219 g/mol. The van der Waals surface area contributed by atoms with Gasteiger partial charge in [-0.25, -0.2) is 0 Å². The monoisotopic (exact) mass is 229 g/mol. The minimum absolute atomic E-state index is 0.265. The fourth-order valence-corrected chi connectivity index (χ4v) is 1.68. The molecule has 0 atom stereocenters. The third-order valence-electron chi connectivity index (χ3n) is 2.49. The molecule has 1 aliphatic rings. The summed E-state index contributed by atoms with van der Waals surface area (Å²) in [6, 6.07) is 3.50. The molecular formula is C11H10F3NO. The first-order valence-corrected chi connectivity index (χ1v) is 4.82. The number of fused-ring (bicyclic) bond motifs is 1. The Morgan fingerprint density at radius 2 is 2.06 bits per heavy atom. The summed E-state index contributed by atoms with van der Waals surface area (Å²) in [5, 5.41) is 0. The van der Waals surface area contributed by atoms with Gasteiger partial charge in [-0.1, -0.05) is 0 Å². The first-order valence-electron chi connectivity index (χ1n) is 4.82. The van der Waals surface area contributed by atoms with E-state index >= 15 is 0 Å². The van der Waals surface area contributed by atoms with Crippen molar-refractivity contribution in [1.29, 1.82) is 0 Å². The van der Waals surface area contributed by atoms with E-state index in [1.807, 2.05) is 0 Å². The highest BCUT2D eigenvalue weighted by Crippen LogP contribution is 2.34. The maximum atomic E-state index is 12.5. The molecule has 0 saturated carbocycles. The van der Waals surface area contributed by atoms with Crippen LogP contribution in [0.4, 0.5) is 13.2 Å². The Morgan fingerprint density at radius 1 is 1.31 bits per heavy atom. The Kier molecular flexibility index (Phi) is 2.61. The summed E-state index contributed by atoms with van der Waals surface area (Å²) in [7, 11) is 1.63. The number of nitrogens with zero attached hydrogens (tertiary/aromatic N) is 1. The van der Waals surface area contributed by atoms with E-state index in [0.717, 1.165) is 17.8 Å². The highest BCUT2D eigenvalue weighted by atomic mass is 19.4. The van der Waals surface area contributed by atoms with Crippen molar-refractivity contribution < 1.29 is 17.9 Å². The lowest BCUT2D eigenvalue weighted by molar-refractivity contribution is -0.137. The molecule has 1 aliphatic heterocycles. The average molecular weight is 229 g/mol. The van der Waals surface area contributed by atoms with Crippen LogP contribution in [-0.2, 0) is 6.18 Å². The number of halogens is 3. The number of hydrogen-bond acceptors (Lipinski definition) is 2. The van der Waals surface area contributed by atoms with Crippen molar-refractivity contribution >= 4 is 5.71 Å². The maximum Gasteiger partial charge on any atom is 0.416 e. The summed E-state index contributed by atoms with van der Waals surface area (Å²) >= 11 is 0. The van der Waals surface area contributed by atoms with E-state index in [4.69, 9.17) is 4.74 Å². The molecule has 86 valence electrons. The number of hydrogen-bond donors (Lipinski definition) is 0. The third kappa shape index (κ3) is 1.89. The first-order chi connectivity index (χ1) is 7.52. The van der Waals surface area contributed by atoms with Crippen LogP contribution in [0.3, 0.4) is 0 Å². The van der Waals surface area contributed by atoms with E-state index in [0.29, 0.717) is 18.6 Å². The van der Waals surface area contributed by atoms with Crippen LogP contribution in [0.25, 0.3) is 0 Å². The van der Waals surface area contributed by atoms with Crippen LogP contribution in [0, 0.1) is 0 Å². The molecule has 1 heterocycles. The van der Waals surface area contributed by atoms with Crippen LogP contribution in [0.15, 0.2) is 23.2 Å². The molecule has 0 spiro atoms. The second-order valence-electron chi connectivity index (χ2n) is 3.48. The summed E-state index contributed by atoms with van der Waals surface area (Å²) in [6.45, 7) is 0.376. The first kappa shape index (κ1) is 11.0. The van der Waals surface area contributed by atoms with Gasteiger partial charge in [-0.2, -0.15) is 13.2 Å². The van der Waals surface area contributed by atoms with Crippen molar-refractivity contribution in [3.63, 3.8) is 0 Å². The van der Waals surface area contributed by atoms with Crippen molar-refractivity contribution in [3.8, 4) is 5.75 Å². The minimum Gasteiger partial charge on any atom is -0.492 e. The Labute approximate surface area is 90.8 Å². The lowest BCUT2D eigenvalue weighted by Crippen LogP contribution is -2.17. The van der Waals surface area contributed by atoms with Crippen LogP contribution in [0.2, 0.25) is 0 Å². The fourth-order valence-electron chi connectivity index (χ4n) is 1.68. The third-order valence-corrected chi connectivity index (χ3v) is 2.49. The molecule has 1 aromatic rings. The van der Waals surface area contributed by atoms with E-state index in [-0.39, 0.29) is 5.75 Å². The van der Waals surface area contributed by atoms with Crippen LogP contribution >= 0.6 is 0 Å². The second kappa shape index (κ2) is 3.81. The van der Waals surface area contributed by atoms with Crippen LogP contribution in [0.5, 0.6) is 5.75 Å². The molecule has 2 nitrogen and oxygen atoms in total. The Hall–Kier alpha value is -1.52. The highest BCUT2D eigenvalue weighted by molar-refractivity contribution is 6.03. The molecule has 1 aromatic carbocycles. The number of rotatable bonds is 0. The number of benzene rings is 1. The summed E-state index contributed by atoms with van der Waals surface area (Å²) in [6.07, 6.45) is -3.70. The van der Waals surface area contributed by atoms with Gasteiger partial charge in [-0.15, -0.1) is 0 Å². The molecule has 0 aliphatic carbocycles. The van der Waals surface area contributed by atoms with Crippen molar-refractivity contribution in [2.24, 2.45) is 4.99 Å². The quantitative estimate of drug-likeness (QED) is 0.670. The fraction of sp³-hybridized carbons (Fsp3) is 0.364. The summed E-state index contributed by atoms with van der Waals surface area (Å²) in [4.78, 5) is 4.04. The van der Waals surface area contributed by atoms with E-state index in [9.17, 15) is 13.2 Å². The van der Waals surface area contributed by atoms with E-state index in [2.05, 4.69) is 4.99 Å². The van der Waals surface area contributed by atoms with Crippen LogP contribution in [-0.4, -0.2) is 19.4 Å². The van der Waals surface area contributed by atoms with Crippen molar-refractivity contribution in [2.75, 3.05) is 13.7 Å². The molecule has 2 rings (SSSR count). The molecule has 0 saturated heterocycles. The number of alkyl halides is 3. The van der Waals surface area contributed by atoms with Gasteiger partial charge in [0, 0.05) is 24.7 Å². The van der Waals surface area contributed by atoms with Crippen LogP contribution < -0.4 is 4.74 Å². The standard InChI is InChI=1S/C11H10F3NO/c1-15-9-4-5-16-10-6-7(11(12,13)14)2-3-8(9)10/h2-3,6H,4-5H2,1H3. The van der Waals surface area contributed by atoms with Crippen LogP contribution in [0.1, 0.15) is 17.5 Å². The van der Waals surface area contributed by atoms with Crippen molar-refractivity contribution in [1.82, 2.24) is 0 Å². The second-order valence-corrected chi connectivity index (χ2v) is 3.48. The normalized spacial score (nSPS) is 18.1. The molecule has 0 N–H and O–H groups in total. The van der Waals surface area contributed by atoms with Gasteiger partial charge >= 0.3 is 6.18 Å². The Morgan fingerprint density at radius 3 is 2.69 bits per heavy atom. The number of aliphatic imine (C=N–C) groups is 1. The predicted octanol–water partition coefficient (Wildman–Crippen LogP) is 2.91. The summed E-state index contributed by atoms with van der Waals surface area (Å²) in [5.74, 6) is 0.265. The zero-order valence-corrected chi connectivity index (χ0v) is 8.64. The average Bonchev–Trinajstić information content (AvgIpc) is 2.26. The van der Waals surface area contributed by atoms with Crippen molar-refractivity contribution in [2.45, 2.75) is 12.6 Å². The number of ether oxygens (including phenoxy) is 1. The minimum atomic E-state index is -4.33. The highest BCUT2D eigenvalue weighted by Gasteiger charge is 2.32. The Bertz CT molecular complexity index is 437. The van der Waals surface area contributed by atoms with E-state index < -0.39 is 11.7 Å². The molecule has 0 fully saturated rings. The van der Waals surface area contributed by atoms with Gasteiger partial charge in [0.15, 0.2) is 0 Å². The molecule has 0 aromatic heterocycles. The Balaban J connectivity index is 2.47. The van der Waals surface area contributed by atoms with Gasteiger partial charge in [-0.05, 0) is 18.2 Å². The SMILES string of the molecule is CN=C1CCOc2cc(C(F)(F)F)ccc21. The lowest BCUT2D eigenvalue weighted by Gasteiger charge is -2.20. The van der Waals surface area contributed by atoms with Gasteiger partial charge in [0.2, 0.25) is 0 Å². The molecule has 0 unspecified atom stereocenters. The largest absolute Gasteiger partial charge is 0.492 e. The molecule has 0 amide bonds. The van der Waals surface area contributed by atoms with Gasteiger partial charge < -0.3 is 4.74 Å². The van der Waals surface area contributed by atoms with Gasteiger partial charge in [0.25, 0.3) is 0 Å². The van der Waals surface area contributed by atoms with Crippen molar-refractivity contribution in [3.05, 3.63) is 29.3 Å².